The normalized spacial score (nSPS) is 16.9. The van der Waals surface area contributed by atoms with Crippen molar-refractivity contribution in [2.45, 2.75) is 18.9 Å². The molecule has 0 unspecified atom stereocenters. The Morgan fingerprint density at radius 1 is 1.15 bits per heavy atom. The largest absolute Gasteiger partial charge is 0.497 e. The van der Waals surface area contributed by atoms with Crippen LogP contribution in [0.1, 0.15) is 12.8 Å². The maximum atomic E-state index is 12.2. The van der Waals surface area contributed by atoms with Crippen molar-refractivity contribution in [1.29, 1.82) is 0 Å². The standard InChI is InChI=1S/C20H23N3O3/c1-23-13-17(10-11-19(23)24)22-20(25)21-16-8-6-14(7-9-16)15-4-3-5-18(12-15)26-2/h3-9,12,17H,10-11,13H2,1-2H3,(H2,21,22,25)/t17-/m1/s1. The van der Waals surface area contributed by atoms with Crippen LogP contribution in [0.3, 0.4) is 0 Å². The summed E-state index contributed by atoms with van der Waals surface area (Å²) in [5.41, 5.74) is 2.81. The number of rotatable bonds is 4. The van der Waals surface area contributed by atoms with Crippen LogP contribution < -0.4 is 15.4 Å². The van der Waals surface area contributed by atoms with Gasteiger partial charge < -0.3 is 20.3 Å². The van der Waals surface area contributed by atoms with Crippen molar-refractivity contribution in [3.63, 3.8) is 0 Å². The fourth-order valence-electron chi connectivity index (χ4n) is 3.03. The molecule has 1 atom stereocenters. The summed E-state index contributed by atoms with van der Waals surface area (Å²) in [6.07, 6.45) is 1.14. The van der Waals surface area contributed by atoms with Crippen LogP contribution in [0.25, 0.3) is 11.1 Å². The van der Waals surface area contributed by atoms with Crippen molar-refractivity contribution in [2.75, 3.05) is 26.0 Å². The number of nitrogens with zero attached hydrogens (tertiary/aromatic N) is 1. The molecule has 3 rings (SSSR count). The molecule has 2 aromatic rings. The minimum atomic E-state index is -0.258. The van der Waals surface area contributed by atoms with E-state index in [4.69, 9.17) is 4.74 Å². The number of carbonyl (C=O) groups is 2. The number of benzene rings is 2. The quantitative estimate of drug-likeness (QED) is 0.887. The molecule has 2 aromatic carbocycles. The number of amides is 3. The molecule has 26 heavy (non-hydrogen) atoms. The molecule has 0 saturated carbocycles. The summed E-state index contributed by atoms with van der Waals surface area (Å²) < 4.78 is 5.25. The average Bonchev–Trinajstić information content (AvgIpc) is 2.65. The maximum Gasteiger partial charge on any atom is 0.319 e. The van der Waals surface area contributed by atoms with Crippen molar-refractivity contribution in [2.24, 2.45) is 0 Å². The molecular weight excluding hydrogens is 330 g/mol. The lowest BCUT2D eigenvalue weighted by Gasteiger charge is -2.30. The molecule has 3 amide bonds. The molecule has 1 heterocycles. The van der Waals surface area contributed by atoms with Crippen LogP contribution in [-0.4, -0.2) is 43.6 Å². The Morgan fingerprint density at radius 2 is 1.92 bits per heavy atom. The summed E-state index contributed by atoms with van der Waals surface area (Å²) in [6, 6.07) is 15.2. The number of urea groups is 1. The molecule has 0 bridgehead atoms. The van der Waals surface area contributed by atoms with Gasteiger partial charge in [-0.2, -0.15) is 0 Å². The summed E-state index contributed by atoms with van der Waals surface area (Å²) in [5.74, 6) is 0.927. The Hall–Kier alpha value is -3.02. The van der Waals surface area contributed by atoms with E-state index in [-0.39, 0.29) is 18.0 Å². The lowest BCUT2D eigenvalue weighted by molar-refractivity contribution is -0.132. The number of carbonyl (C=O) groups excluding carboxylic acids is 2. The SMILES string of the molecule is COc1cccc(-c2ccc(NC(=O)N[C@@H]3CCC(=O)N(C)C3)cc2)c1. The van der Waals surface area contributed by atoms with Crippen molar-refractivity contribution in [3.05, 3.63) is 48.5 Å². The summed E-state index contributed by atoms with van der Waals surface area (Å²) in [5, 5.41) is 5.76. The molecule has 1 aliphatic rings. The number of hydrogen-bond donors (Lipinski definition) is 2. The molecule has 6 heteroatoms. The van der Waals surface area contributed by atoms with Gasteiger partial charge in [-0.25, -0.2) is 4.79 Å². The number of likely N-dealkylation sites (N-methyl/N-ethyl adjacent to an activating group) is 1. The van der Waals surface area contributed by atoms with Gasteiger partial charge in [0.2, 0.25) is 5.91 Å². The van der Waals surface area contributed by atoms with E-state index in [9.17, 15) is 9.59 Å². The minimum absolute atomic E-state index is 0.0197. The Balaban J connectivity index is 1.58. The highest BCUT2D eigenvalue weighted by Gasteiger charge is 2.23. The van der Waals surface area contributed by atoms with Gasteiger partial charge in [-0.3, -0.25) is 4.79 Å². The second kappa shape index (κ2) is 7.91. The van der Waals surface area contributed by atoms with Crippen molar-refractivity contribution in [1.82, 2.24) is 10.2 Å². The van der Waals surface area contributed by atoms with E-state index in [0.29, 0.717) is 19.4 Å². The molecule has 0 aliphatic carbocycles. The van der Waals surface area contributed by atoms with Gasteiger partial charge >= 0.3 is 6.03 Å². The van der Waals surface area contributed by atoms with Gasteiger partial charge in [0.15, 0.2) is 0 Å². The Bertz CT molecular complexity index is 789. The molecule has 136 valence electrons. The van der Waals surface area contributed by atoms with Crippen LogP contribution in [0.5, 0.6) is 5.75 Å². The fraction of sp³-hybridized carbons (Fsp3) is 0.300. The lowest BCUT2D eigenvalue weighted by atomic mass is 10.1. The molecule has 0 spiro atoms. The van der Waals surface area contributed by atoms with Crippen LogP contribution in [0, 0.1) is 0 Å². The Kier molecular flexibility index (Phi) is 5.41. The van der Waals surface area contributed by atoms with Gasteiger partial charge in [0.1, 0.15) is 5.75 Å². The number of methoxy groups -OCH3 is 1. The molecule has 6 nitrogen and oxygen atoms in total. The zero-order valence-electron chi connectivity index (χ0n) is 15.0. The molecule has 0 aromatic heterocycles. The van der Waals surface area contributed by atoms with Gasteiger partial charge in [-0.1, -0.05) is 24.3 Å². The average molecular weight is 353 g/mol. The first-order valence-corrected chi connectivity index (χ1v) is 8.61. The molecule has 2 N–H and O–H groups in total. The minimum Gasteiger partial charge on any atom is -0.497 e. The summed E-state index contributed by atoms with van der Waals surface area (Å²) >= 11 is 0. The van der Waals surface area contributed by atoms with Crippen LogP contribution in [-0.2, 0) is 4.79 Å². The number of likely N-dealkylation sites (tertiary alicyclic amines) is 1. The second-order valence-corrected chi connectivity index (χ2v) is 6.42. The molecular formula is C20H23N3O3. The highest BCUT2D eigenvalue weighted by molar-refractivity contribution is 5.90. The molecule has 1 fully saturated rings. The predicted octanol–water partition coefficient (Wildman–Crippen LogP) is 3.10. The van der Waals surface area contributed by atoms with Gasteiger partial charge in [0, 0.05) is 31.7 Å². The van der Waals surface area contributed by atoms with E-state index in [1.54, 1.807) is 19.1 Å². The first-order valence-electron chi connectivity index (χ1n) is 8.61. The van der Waals surface area contributed by atoms with Crippen LogP contribution >= 0.6 is 0 Å². The van der Waals surface area contributed by atoms with Crippen LogP contribution in [0.2, 0.25) is 0 Å². The highest BCUT2D eigenvalue weighted by Crippen LogP contribution is 2.25. The summed E-state index contributed by atoms with van der Waals surface area (Å²) in [6.45, 7) is 0.543. The number of anilines is 1. The van der Waals surface area contributed by atoms with Crippen molar-refractivity contribution in [3.8, 4) is 16.9 Å². The summed E-state index contributed by atoms with van der Waals surface area (Å²) in [7, 11) is 3.40. The smallest absolute Gasteiger partial charge is 0.319 e. The zero-order chi connectivity index (χ0) is 18.5. The zero-order valence-corrected chi connectivity index (χ0v) is 15.0. The third kappa shape index (κ3) is 4.33. The van der Waals surface area contributed by atoms with Crippen molar-refractivity contribution >= 4 is 17.6 Å². The second-order valence-electron chi connectivity index (χ2n) is 6.42. The first kappa shape index (κ1) is 17.8. The fourth-order valence-corrected chi connectivity index (χ4v) is 3.03. The number of ether oxygens (including phenoxy) is 1. The van der Waals surface area contributed by atoms with E-state index in [0.717, 1.165) is 22.6 Å². The van der Waals surface area contributed by atoms with Gasteiger partial charge in [-0.05, 0) is 41.8 Å². The van der Waals surface area contributed by atoms with Crippen molar-refractivity contribution < 1.29 is 14.3 Å². The number of nitrogens with one attached hydrogen (secondary N) is 2. The van der Waals surface area contributed by atoms with Gasteiger partial charge in [0.25, 0.3) is 0 Å². The topological polar surface area (TPSA) is 70.7 Å². The van der Waals surface area contributed by atoms with Gasteiger partial charge in [0.05, 0.1) is 7.11 Å². The number of piperidine rings is 1. The Morgan fingerprint density at radius 3 is 2.62 bits per heavy atom. The van der Waals surface area contributed by atoms with E-state index >= 15 is 0 Å². The van der Waals surface area contributed by atoms with Crippen LogP contribution in [0.15, 0.2) is 48.5 Å². The molecule has 1 aliphatic heterocycles. The predicted molar refractivity (Wildman–Crippen MR) is 101 cm³/mol. The monoisotopic (exact) mass is 353 g/mol. The summed E-state index contributed by atoms with van der Waals surface area (Å²) in [4.78, 5) is 25.3. The molecule has 0 radical (unpaired) electrons. The third-order valence-corrected chi connectivity index (χ3v) is 4.51. The van der Waals surface area contributed by atoms with Gasteiger partial charge in [-0.15, -0.1) is 0 Å². The van der Waals surface area contributed by atoms with E-state index in [2.05, 4.69) is 10.6 Å². The first-order chi connectivity index (χ1) is 12.5. The van der Waals surface area contributed by atoms with Crippen LogP contribution in [0.4, 0.5) is 10.5 Å². The van der Waals surface area contributed by atoms with E-state index in [1.807, 2.05) is 48.5 Å². The number of hydrogen-bond acceptors (Lipinski definition) is 3. The third-order valence-electron chi connectivity index (χ3n) is 4.51. The van der Waals surface area contributed by atoms with E-state index in [1.165, 1.54) is 0 Å². The van der Waals surface area contributed by atoms with E-state index < -0.39 is 0 Å². The Labute approximate surface area is 153 Å². The lowest BCUT2D eigenvalue weighted by Crippen LogP contribution is -2.49. The highest BCUT2D eigenvalue weighted by atomic mass is 16.5. The molecule has 1 saturated heterocycles. The maximum absolute atomic E-state index is 12.2.